The van der Waals surface area contributed by atoms with E-state index in [0.29, 0.717) is 17.2 Å². The molecule has 29 heavy (non-hydrogen) atoms. The van der Waals surface area contributed by atoms with Crippen LogP contribution in [0.25, 0.3) is 10.9 Å². The summed E-state index contributed by atoms with van der Waals surface area (Å²) in [7, 11) is 1.61. The number of carbonyl (C=O) groups excluding carboxylic acids is 1. The summed E-state index contributed by atoms with van der Waals surface area (Å²) in [5, 5.41) is 12.5. The highest BCUT2D eigenvalue weighted by atomic mass is 35.5. The molecule has 6 rings (SSSR count). The van der Waals surface area contributed by atoms with Crippen molar-refractivity contribution < 1.29 is 14.6 Å². The van der Waals surface area contributed by atoms with Crippen LogP contribution < -0.4 is 4.74 Å². The number of ether oxygens (including phenoxy) is 1. The van der Waals surface area contributed by atoms with Gasteiger partial charge in [0.2, 0.25) is 5.91 Å². The number of benzene rings is 1. The number of nitrogens with one attached hydrogen (secondary N) is 1. The van der Waals surface area contributed by atoms with E-state index in [9.17, 15) is 9.90 Å². The number of piperidine rings is 2. The predicted octanol–water partition coefficient (Wildman–Crippen LogP) is 4.62. The van der Waals surface area contributed by atoms with Crippen LogP contribution >= 0.6 is 11.6 Å². The van der Waals surface area contributed by atoms with Gasteiger partial charge in [0.05, 0.1) is 17.7 Å². The van der Waals surface area contributed by atoms with Gasteiger partial charge in [-0.25, -0.2) is 0 Å². The molecule has 3 atom stereocenters. The summed E-state index contributed by atoms with van der Waals surface area (Å²) < 4.78 is 5.37. The fraction of sp³-hybridized carbons (Fsp3) is 0.609. The number of aliphatic hydroxyl groups is 1. The Kier molecular flexibility index (Phi) is 4.24. The average molecular weight is 417 g/mol. The van der Waals surface area contributed by atoms with E-state index < -0.39 is 5.60 Å². The Balaban J connectivity index is 1.39. The number of carbonyl (C=O) groups is 1. The highest BCUT2D eigenvalue weighted by Crippen LogP contribution is 2.57. The lowest BCUT2D eigenvalue weighted by Crippen LogP contribution is -2.68. The van der Waals surface area contributed by atoms with Crippen LogP contribution in [0, 0.1) is 5.41 Å². The Morgan fingerprint density at radius 1 is 1.34 bits per heavy atom. The van der Waals surface area contributed by atoms with Crippen LogP contribution in [0.2, 0.25) is 5.02 Å². The zero-order chi connectivity index (χ0) is 20.6. The van der Waals surface area contributed by atoms with Crippen molar-refractivity contribution in [2.24, 2.45) is 5.41 Å². The van der Waals surface area contributed by atoms with E-state index in [-0.39, 0.29) is 29.3 Å². The van der Waals surface area contributed by atoms with Crippen molar-refractivity contribution in [3.63, 3.8) is 0 Å². The number of H-pyrrole nitrogens is 1. The molecule has 156 valence electrons. The summed E-state index contributed by atoms with van der Waals surface area (Å²) in [6, 6.07) is 4.17. The third-order valence-electron chi connectivity index (χ3n) is 7.53. The van der Waals surface area contributed by atoms with E-state index in [1.54, 1.807) is 7.11 Å². The number of fused-ring (bicyclic) bond motifs is 1. The number of halogens is 1. The molecule has 2 aliphatic heterocycles. The quantitative estimate of drug-likeness (QED) is 0.764. The Labute approximate surface area is 176 Å². The van der Waals surface area contributed by atoms with Crippen LogP contribution in [0.1, 0.15) is 63.9 Å². The number of nitrogens with zero attached hydrogens (tertiary/aromatic N) is 1. The monoisotopic (exact) mass is 416 g/mol. The maximum atomic E-state index is 13.4. The van der Waals surface area contributed by atoms with Crippen molar-refractivity contribution >= 4 is 28.4 Å². The van der Waals surface area contributed by atoms with Gasteiger partial charge in [0.1, 0.15) is 5.75 Å². The second kappa shape index (κ2) is 6.39. The molecule has 2 aromatic rings. The van der Waals surface area contributed by atoms with E-state index in [1.807, 2.05) is 18.3 Å². The molecule has 4 aliphatic rings. The minimum absolute atomic E-state index is 0.0386. The van der Waals surface area contributed by atoms with Crippen molar-refractivity contribution in [3.8, 4) is 5.75 Å². The largest absolute Gasteiger partial charge is 0.495 e. The molecule has 3 heterocycles. The molecule has 2 saturated heterocycles. The van der Waals surface area contributed by atoms with E-state index >= 15 is 0 Å². The molecular weight excluding hydrogens is 388 g/mol. The number of hydrogen-bond acceptors (Lipinski definition) is 3. The van der Waals surface area contributed by atoms with Crippen LogP contribution in [0.15, 0.2) is 18.3 Å². The van der Waals surface area contributed by atoms with Gasteiger partial charge in [0, 0.05) is 35.6 Å². The van der Waals surface area contributed by atoms with E-state index in [0.717, 1.165) is 48.6 Å². The Bertz CT molecular complexity index is 948. The first-order chi connectivity index (χ1) is 13.7. The Morgan fingerprint density at radius 2 is 2.03 bits per heavy atom. The maximum absolute atomic E-state index is 13.4. The summed E-state index contributed by atoms with van der Waals surface area (Å²) in [5.41, 5.74) is 1.62. The molecule has 2 saturated carbocycles. The Morgan fingerprint density at radius 3 is 2.66 bits per heavy atom. The fourth-order valence-electron chi connectivity index (χ4n) is 6.72. The molecule has 4 fully saturated rings. The third kappa shape index (κ3) is 2.97. The van der Waals surface area contributed by atoms with Gasteiger partial charge in [-0.1, -0.05) is 25.4 Å². The first-order valence-electron chi connectivity index (χ1n) is 10.6. The van der Waals surface area contributed by atoms with E-state index in [1.165, 1.54) is 0 Å². The van der Waals surface area contributed by atoms with Gasteiger partial charge < -0.3 is 19.7 Å². The molecule has 6 heteroatoms. The lowest BCUT2D eigenvalue weighted by Gasteiger charge is -2.63. The molecule has 3 unspecified atom stereocenters. The van der Waals surface area contributed by atoms with Crippen LogP contribution in [0.4, 0.5) is 0 Å². The molecule has 2 N–H and O–H groups in total. The molecule has 4 bridgehead atoms. The molecule has 0 spiro atoms. The average Bonchev–Trinajstić information content (AvgIpc) is 3.04. The first kappa shape index (κ1) is 19.3. The number of hydrogen-bond donors (Lipinski definition) is 2. The minimum Gasteiger partial charge on any atom is -0.495 e. The van der Waals surface area contributed by atoms with Crippen LogP contribution in [-0.2, 0) is 4.79 Å². The standard InChI is InChI=1S/C23H29ClN2O3/c1-13(16-11-25-17-4-5-18(29-3)21(24)20(16)17)6-19(27)26-14-7-22(2)8-15(26)10-23(28,9-14)12-22/h4-5,11,13-15,25,28H,6-10,12H2,1-3H3. The van der Waals surface area contributed by atoms with Gasteiger partial charge in [-0.3, -0.25) is 4.79 Å². The SMILES string of the molecule is COc1ccc2[nH]cc(C(C)CC(=O)N3C4CC5(C)CC3CC(O)(C4)C5)c2c1Cl. The van der Waals surface area contributed by atoms with Gasteiger partial charge in [0.25, 0.3) is 0 Å². The second-order valence-corrected chi connectivity index (χ2v) is 10.4. The zero-order valence-corrected chi connectivity index (χ0v) is 18.1. The number of amides is 1. The smallest absolute Gasteiger partial charge is 0.223 e. The summed E-state index contributed by atoms with van der Waals surface area (Å²) in [6.45, 7) is 4.37. The summed E-state index contributed by atoms with van der Waals surface area (Å²) in [5.74, 6) is 0.883. The van der Waals surface area contributed by atoms with Crippen LogP contribution in [-0.4, -0.2) is 45.7 Å². The van der Waals surface area contributed by atoms with E-state index in [4.69, 9.17) is 16.3 Å². The lowest BCUT2D eigenvalue weighted by atomic mass is 9.54. The molecular formula is C23H29ClN2O3. The first-order valence-corrected chi connectivity index (χ1v) is 11.0. The van der Waals surface area contributed by atoms with Gasteiger partial charge >= 0.3 is 0 Å². The molecule has 2 aliphatic carbocycles. The van der Waals surface area contributed by atoms with Crippen LogP contribution in [0.3, 0.4) is 0 Å². The minimum atomic E-state index is -0.566. The van der Waals surface area contributed by atoms with E-state index in [2.05, 4.69) is 23.7 Å². The summed E-state index contributed by atoms with van der Waals surface area (Å²) in [4.78, 5) is 18.8. The molecule has 1 aromatic heterocycles. The number of aromatic amines is 1. The molecule has 1 amide bonds. The molecule has 0 radical (unpaired) electrons. The van der Waals surface area contributed by atoms with Crippen molar-refractivity contribution in [3.05, 3.63) is 28.9 Å². The topological polar surface area (TPSA) is 65.6 Å². The highest BCUT2D eigenvalue weighted by molar-refractivity contribution is 6.37. The van der Waals surface area contributed by atoms with Crippen molar-refractivity contribution in [1.82, 2.24) is 9.88 Å². The fourth-order valence-corrected chi connectivity index (χ4v) is 7.07. The van der Waals surface area contributed by atoms with Crippen molar-refractivity contribution in [2.75, 3.05) is 7.11 Å². The van der Waals surface area contributed by atoms with Crippen molar-refractivity contribution in [1.29, 1.82) is 0 Å². The van der Waals surface area contributed by atoms with Crippen molar-refractivity contribution in [2.45, 2.75) is 76.0 Å². The summed E-state index contributed by atoms with van der Waals surface area (Å²) in [6.07, 6.45) is 6.79. The van der Waals surface area contributed by atoms with Gasteiger partial charge in [-0.15, -0.1) is 0 Å². The Hall–Kier alpha value is -1.72. The number of rotatable bonds is 4. The summed E-state index contributed by atoms with van der Waals surface area (Å²) >= 11 is 6.58. The molecule has 1 aromatic carbocycles. The number of aromatic nitrogens is 1. The zero-order valence-electron chi connectivity index (χ0n) is 17.3. The maximum Gasteiger partial charge on any atom is 0.223 e. The second-order valence-electron chi connectivity index (χ2n) is 9.99. The predicted molar refractivity (Wildman–Crippen MR) is 113 cm³/mol. The van der Waals surface area contributed by atoms with Crippen LogP contribution in [0.5, 0.6) is 5.75 Å². The van der Waals surface area contributed by atoms with Gasteiger partial charge in [0.15, 0.2) is 0 Å². The molecule has 5 nitrogen and oxygen atoms in total. The normalized spacial score (nSPS) is 34.0. The van der Waals surface area contributed by atoms with Gasteiger partial charge in [-0.2, -0.15) is 0 Å². The third-order valence-corrected chi connectivity index (χ3v) is 7.90. The lowest BCUT2D eigenvalue weighted by molar-refractivity contribution is -0.193. The number of methoxy groups -OCH3 is 1. The van der Waals surface area contributed by atoms with Gasteiger partial charge in [-0.05, 0) is 61.1 Å². The highest BCUT2D eigenvalue weighted by Gasteiger charge is 2.59.